The molecule has 118 valence electrons. The summed E-state index contributed by atoms with van der Waals surface area (Å²) in [6.45, 7) is 7.89. The predicted molar refractivity (Wildman–Crippen MR) is 82.1 cm³/mol. The largest absolute Gasteiger partial charge is 0.409 e. The number of oxime groups is 1. The smallest absolute Gasteiger partial charge is 0.144 e. The fourth-order valence-corrected chi connectivity index (χ4v) is 2.04. The summed E-state index contributed by atoms with van der Waals surface area (Å²) in [7, 11) is 0. The van der Waals surface area contributed by atoms with Crippen LogP contribution >= 0.6 is 0 Å². The first-order valence-corrected chi connectivity index (χ1v) is 7.83. The Bertz CT molecular complexity index is 289. The van der Waals surface area contributed by atoms with E-state index in [-0.39, 0.29) is 5.41 Å². The molecule has 0 atom stereocenters. The van der Waals surface area contributed by atoms with Crippen LogP contribution in [0.15, 0.2) is 5.16 Å². The molecular formula is C15H31N3O2. The van der Waals surface area contributed by atoms with Crippen LogP contribution in [0, 0.1) is 11.3 Å². The van der Waals surface area contributed by atoms with Gasteiger partial charge in [0.15, 0.2) is 0 Å². The number of hydrogen-bond acceptors (Lipinski definition) is 4. The highest BCUT2D eigenvalue weighted by atomic mass is 16.5. The summed E-state index contributed by atoms with van der Waals surface area (Å²) in [5.74, 6) is 1.18. The van der Waals surface area contributed by atoms with Gasteiger partial charge >= 0.3 is 0 Å². The van der Waals surface area contributed by atoms with Crippen molar-refractivity contribution in [1.29, 1.82) is 0 Å². The Morgan fingerprint density at radius 1 is 1.30 bits per heavy atom. The molecule has 0 aromatic rings. The van der Waals surface area contributed by atoms with Gasteiger partial charge < -0.3 is 21.0 Å². The van der Waals surface area contributed by atoms with Gasteiger partial charge in [-0.1, -0.05) is 25.4 Å². The summed E-state index contributed by atoms with van der Waals surface area (Å²) in [5, 5.41) is 15.2. The Hall–Kier alpha value is -0.810. The van der Waals surface area contributed by atoms with Crippen LogP contribution in [-0.2, 0) is 4.74 Å². The van der Waals surface area contributed by atoms with E-state index >= 15 is 0 Å². The van der Waals surface area contributed by atoms with E-state index < -0.39 is 0 Å². The fourth-order valence-electron chi connectivity index (χ4n) is 2.04. The van der Waals surface area contributed by atoms with E-state index in [0.29, 0.717) is 5.84 Å². The predicted octanol–water partition coefficient (Wildman–Crippen LogP) is 2.34. The number of rotatable bonds is 12. The van der Waals surface area contributed by atoms with E-state index in [1.54, 1.807) is 0 Å². The third kappa shape index (κ3) is 7.70. The summed E-state index contributed by atoms with van der Waals surface area (Å²) in [4.78, 5) is 0. The highest BCUT2D eigenvalue weighted by molar-refractivity contribution is 5.85. The lowest BCUT2D eigenvalue weighted by Gasteiger charge is -2.22. The third-order valence-corrected chi connectivity index (χ3v) is 3.90. The zero-order valence-corrected chi connectivity index (χ0v) is 13.0. The minimum atomic E-state index is -0.217. The Kier molecular flexibility index (Phi) is 7.92. The Labute approximate surface area is 122 Å². The van der Waals surface area contributed by atoms with Crippen molar-refractivity contribution in [3.63, 3.8) is 0 Å². The highest BCUT2D eigenvalue weighted by Gasteiger charge is 2.22. The van der Waals surface area contributed by atoms with Crippen LogP contribution in [0.2, 0.25) is 0 Å². The van der Waals surface area contributed by atoms with Crippen molar-refractivity contribution in [2.45, 2.75) is 52.4 Å². The molecule has 1 aliphatic rings. The van der Waals surface area contributed by atoms with Crippen LogP contribution in [0.4, 0.5) is 0 Å². The first kappa shape index (κ1) is 17.2. The molecule has 0 aromatic carbocycles. The topological polar surface area (TPSA) is 79.9 Å². The highest BCUT2D eigenvalue weighted by Crippen LogP contribution is 2.28. The monoisotopic (exact) mass is 285 g/mol. The first-order valence-electron chi connectivity index (χ1n) is 7.83. The SMILES string of the molecule is CC(C)(CCCCNCCCOCC1CC1)C(N)=NO. The van der Waals surface area contributed by atoms with Gasteiger partial charge in [-0.15, -0.1) is 0 Å². The molecule has 5 nitrogen and oxygen atoms in total. The molecule has 0 radical (unpaired) electrons. The zero-order chi connectivity index (χ0) is 14.8. The first-order chi connectivity index (χ1) is 9.56. The molecule has 20 heavy (non-hydrogen) atoms. The maximum atomic E-state index is 8.69. The standard InChI is InChI=1S/C15H31N3O2/c1-15(2,14(16)18-19)8-3-4-9-17-10-5-11-20-12-13-6-7-13/h13,17,19H,3-12H2,1-2H3,(H2,16,18). The van der Waals surface area contributed by atoms with E-state index in [1.165, 1.54) is 12.8 Å². The van der Waals surface area contributed by atoms with Gasteiger partial charge in [0.25, 0.3) is 0 Å². The molecule has 0 aromatic heterocycles. The van der Waals surface area contributed by atoms with Gasteiger partial charge in [0.2, 0.25) is 0 Å². The second kappa shape index (κ2) is 9.19. The summed E-state index contributed by atoms with van der Waals surface area (Å²) in [6.07, 6.45) is 6.94. The second-order valence-corrected chi connectivity index (χ2v) is 6.45. The molecule has 1 rings (SSSR count). The fraction of sp³-hybridized carbons (Fsp3) is 0.933. The molecule has 0 aliphatic heterocycles. The van der Waals surface area contributed by atoms with Crippen LogP contribution in [0.5, 0.6) is 0 Å². The van der Waals surface area contributed by atoms with Crippen LogP contribution in [-0.4, -0.2) is 37.3 Å². The molecule has 0 spiro atoms. The van der Waals surface area contributed by atoms with Crippen molar-refractivity contribution in [2.75, 3.05) is 26.3 Å². The van der Waals surface area contributed by atoms with E-state index in [1.807, 2.05) is 13.8 Å². The van der Waals surface area contributed by atoms with Gasteiger partial charge in [0.1, 0.15) is 5.84 Å². The van der Waals surface area contributed by atoms with Gasteiger partial charge in [-0.05, 0) is 51.1 Å². The maximum absolute atomic E-state index is 8.69. The molecule has 0 unspecified atom stereocenters. The van der Waals surface area contributed by atoms with Crippen molar-refractivity contribution in [3.05, 3.63) is 0 Å². The van der Waals surface area contributed by atoms with E-state index in [4.69, 9.17) is 15.7 Å². The van der Waals surface area contributed by atoms with Crippen LogP contribution in [0.3, 0.4) is 0 Å². The van der Waals surface area contributed by atoms with Gasteiger partial charge in [0.05, 0.1) is 0 Å². The average Bonchev–Trinajstić information content (AvgIpc) is 3.23. The number of hydrogen-bond donors (Lipinski definition) is 3. The molecule has 0 amide bonds. The van der Waals surface area contributed by atoms with Crippen LogP contribution in [0.25, 0.3) is 0 Å². The number of amidine groups is 1. The zero-order valence-electron chi connectivity index (χ0n) is 13.0. The number of nitrogens with one attached hydrogen (secondary N) is 1. The van der Waals surface area contributed by atoms with E-state index in [0.717, 1.165) is 57.9 Å². The molecule has 5 heteroatoms. The summed E-state index contributed by atoms with van der Waals surface area (Å²) in [6, 6.07) is 0. The molecule has 0 saturated heterocycles. The molecule has 1 aliphatic carbocycles. The normalized spacial score (nSPS) is 16.6. The van der Waals surface area contributed by atoms with Gasteiger partial charge in [-0.3, -0.25) is 0 Å². The van der Waals surface area contributed by atoms with Crippen molar-refractivity contribution in [2.24, 2.45) is 22.2 Å². The minimum absolute atomic E-state index is 0.217. The Morgan fingerprint density at radius 2 is 2.00 bits per heavy atom. The minimum Gasteiger partial charge on any atom is -0.409 e. The number of nitrogens with two attached hydrogens (primary N) is 1. The maximum Gasteiger partial charge on any atom is 0.144 e. The summed E-state index contributed by atoms with van der Waals surface area (Å²) >= 11 is 0. The van der Waals surface area contributed by atoms with Gasteiger partial charge in [-0.2, -0.15) is 0 Å². The van der Waals surface area contributed by atoms with E-state index in [9.17, 15) is 0 Å². The third-order valence-electron chi connectivity index (χ3n) is 3.90. The summed E-state index contributed by atoms with van der Waals surface area (Å²) < 4.78 is 5.58. The van der Waals surface area contributed by atoms with Gasteiger partial charge in [0, 0.05) is 18.6 Å². The molecule has 1 fully saturated rings. The van der Waals surface area contributed by atoms with Crippen molar-refractivity contribution < 1.29 is 9.94 Å². The number of ether oxygens (including phenoxy) is 1. The van der Waals surface area contributed by atoms with Gasteiger partial charge in [-0.25, -0.2) is 0 Å². The quantitative estimate of drug-likeness (QED) is 0.169. The molecule has 0 heterocycles. The molecule has 1 saturated carbocycles. The van der Waals surface area contributed by atoms with Crippen LogP contribution in [0.1, 0.15) is 52.4 Å². The Morgan fingerprint density at radius 3 is 2.65 bits per heavy atom. The molecular weight excluding hydrogens is 254 g/mol. The lowest BCUT2D eigenvalue weighted by Crippen LogP contribution is -2.32. The van der Waals surface area contributed by atoms with Crippen LogP contribution < -0.4 is 11.1 Å². The van der Waals surface area contributed by atoms with E-state index in [2.05, 4.69) is 10.5 Å². The number of unbranched alkanes of at least 4 members (excludes halogenated alkanes) is 1. The average molecular weight is 285 g/mol. The Balaban J connectivity index is 1.84. The molecule has 0 bridgehead atoms. The second-order valence-electron chi connectivity index (χ2n) is 6.45. The lowest BCUT2D eigenvalue weighted by molar-refractivity contribution is 0.122. The summed E-state index contributed by atoms with van der Waals surface area (Å²) in [5.41, 5.74) is 5.44. The lowest BCUT2D eigenvalue weighted by atomic mass is 9.86. The van der Waals surface area contributed by atoms with Crippen molar-refractivity contribution in [3.8, 4) is 0 Å². The number of nitrogens with zero attached hydrogens (tertiary/aromatic N) is 1. The molecule has 4 N–H and O–H groups in total. The van der Waals surface area contributed by atoms with Crippen molar-refractivity contribution >= 4 is 5.84 Å². The van der Waals surface area contributed by atoms with Crippen molar-refractivity contribution in [1.82, 2.24) is 5.32 Å².